The second-order valence-corrected chi connectivity index (χ2v) is 5.94. The van der Waals surface area contributed by atoms with Crippen LogP contribution in [-0.4, -0.2) is 22.4 Å². The summed E-state index contributed by atoms with van der Waals surface area (Å²) in [4.78, 5) is 20.7. The lowest BCUT2D eigenvalue weighted by molar-refractivity contribution is 0.0946. The molecule has 124 valence electrons. The number of benzene rings is 1. The maximum absolute atomic E-state index is 12.2. The van der Waals surface area contributed by atoms with E-state index in [-0.39, 0.29) is 5.91 Å². The van der Waals surface area contributed by atoms with Gasteiger partial charge in [-0.25, -0.2) is 9.97 Å². The van der Waals surface area contributed by atoms with Crippen LogP contribution in [0.15, 0.2) is 30.3 Å². The monoisotopic (exact) mass is 323 g/mol. The van der Waals surface area contributed by atoms with E-state index in [1.807, 2.05) is 6.07 Å². The number of nitriles is 1. The summed E-state index contributed by atoms with van der Waals surface area (Å²) in [5.41, 5.74) is 1.61. The Morgan fingerprint density at radius 1 is 1.29 bits per heavy atom. The molecule has 1 heterocycles. The van der Waals surface area contributed by atoms with E-state index in [1.165, 1.54) is 0 Å². The molecule has 0 fully saturated rings. The van der Waals surface area contributed by atoms with Gasteiger partial charge in [-0.15, -0.1) is 0 Å². The fourth-order valence-electron chi connectivity index (χ4n) is 2.13. The van der Waals surface area contributed by atoms with Crippen molar-refractivity contribution in [2.75, 3.05) is 11.9 Å². The number of amides is 1. The SMILES string of the molecule is Cc1nc(Nc2cccc(C#N)c2)cc(C(=O)NCCC(C)C)n1. The predicted molar refractivity (Wildman–Crippen MR) is 93.0 cm³/mol. The first-order valence-corrected chi connectivity index (χ1v) is 7.89. The molecular weight excluding hydrogens is 302 g/mol. The molecule has 0 bridgehead atoms. The van der Waals surface area contributed by atoms with E-state index in [9.17, 15) is 4.79 Å². The van der Waals surface area contributed by atoms with E-state index < -0.39 is 0 Å². The summed E-state index contributed by atoms with van der Waals surface area (Å²) in [5, 5.41) is 14.9. The van der Waals surface area contributed by atoms with Crippen molar-refractivity contribution < 1.29 is 4.79 Å². The number of carbonyl (C=O) groups excluding carboxylic acids is 1. The Labute approximate surface area is 142 Å². The fourth-order valence-corrected chi connectivity index (χ4v) is 2.13. The van der Waals surface area contributed by atoms with Gasteiger partial charge in [-0.3, -0.25) is 4.79 Å². The molecule has 0 spiro atoms. The van der Waals surface area contributed by atoms with Gasteiger partial charge in [0.1, 0.15) is 17.3 Å². The Balaban J connectivity index is 2.13. The highest BCUT2D eigenvalue weighted by molar-refractivity contribution is 5.93. The lowest BCUT2D eigenvalue weighted by Gasteiger charge is -2.10. The van der Waals surface area contributed by atoms with E-state index in [1.54, 1.807) is 31.2 Å². The number of carbonyl (C=O) groups is 1. The van der Waals surface area contributed by atoms with Crippen molar-refractivity contribution in [2.24, 2.45) is 5.92 Å². The van der Waals surface area contributed by atoms with Gasteiger partial charge in [-0.2, -0.15) is 5.26 Å². The van der Waals surface area contributed by atoms with E-state index in [0.29, 0.717) is 35.4 Å². The minimum Gasteiger partial charge on any atom is -0.351 e. The lowest BCUT2D eigenvalue weighted by Crippen LogP contribution is -2.26. The zero-order chi connectivity index (χ0) is 17.5. The van der Waals surface area contributed by atoms with Crippen LogP contribution in [-0.2, 0) is 0 Å². The van der Waals surface area contributed by atoms with Crippen LogP contribution < -0.4 is 10.6 Å². The van der Waals surface area contributed by atoms with Gasteiger partial charge in [0.05, 0.1) is 11.6 Å². The maximum Gasteiger partial charge on any atom is 0.270 e. The zero-order valence-electron chi connectivity index (χ0n) is 14.1. The Bertz CT molecular complexity index is 764. The Morgan fingerprint density at radius 2 is 2.08 bits per heavy atom. The number of aromatic nitrogens is 2. The summed E-state index contributed by atoms with van der Waals surface area (Å²) in [6.07, 6.45) is 0.919. The van der Waals surface area contributed by atoms with E-state index in [2.05, 4.69) is 40.5 Å². The van der Waals surface area contributed by atoms with E-state index >= 15 is 0 Å². The molecule has 0 atom stereocenters. The topological polar surface area (TPSA) is 90.7 Å². The highest BCUT2D eigenvalue weighted by Gasteiger charge is 2.10. The summed E-state index contributed by atoms with van der Waals surface area (Å²) < 4.78 is 0. The third kappa shape index (κ3) is 5.06. The fraction of sp³-hybridized carbons (Fsp3) is 0.333. The smallest absolute Gasteiger partial charge is 0.270 e. The average Bonchev–Trinajstić information content (AvgIpc) is 2.54. The molecule has 24 heavy (non-hydrogen) atoms. The van der Waals surface area contributed by atoms with Crippen molar-refractivity contribution in [1.29, 1.82) is 5.26 Å². The van der Waals surface area contributed by atoms with Crippen LogP contribution in [0.1, 0.15) is 42.1 Å². The minimum absolute atomic E-state index is 0.213. The molecule has 0 aliphatic carbocycles. The average molecular weight is 323 g/mol. The normalized spacial score (nSPS) is 10.3. The number of rotatable bonds is 6. The van der Waals surface area contributed by atoms with Crippen LogP contribution in [0, 0.1) is 24.2 Å². The highest BCUT2D eigenvalue weighted by atomic mass is 16.1. The zero-order valence-corrected chi connectivity index (χ0v) is 14.1. The van der Waals surface area contributed by atoms with Crippen LogP contribution in [0.4, 0.5) is 11.5 Å². The van der Waals surface area contributed by atoms with Gasteiger partial charge in [0, 0.05) is 18.3 Å². The third-order valence-corrected chi connectivity index (χ3v) is 3.34. The van der Waals surface area contributed by atoms with Gasteiger partial charge in [-0.1, -0.05) is 19.9 Å². The lowest BCUT2D eigenvalue weighted by atomic mass is 10.1. The predicted octanol–water partition coefficient (Wildman–Crippen LogP) is 3.18. The molecule has 0 saturated heterocycles. The largest absolute Gasteiger partial charge is 0.351 e. The minimum atomic E-state index is -0.213. The number of aryl methyl sites for hydroxylation is 1. The molecule has 0 saturated carbocycles. The van der Waals surface area contributed by atoms with Crippen molar-refractivity contribution in [1.82, 2.24) is 15.3 Å². The second-order valence-electron chi connectivity index (χ2n) is 5.94. The second kappa shape index (κ2) is 8.06. The molecular formula is C18H21N5O. The van der Waals surface area contributed by atoms with E-state index in [4.69, 9.17) is 5.26 Å². The van der Waals surface area contributed by atoms with Crippen molar-refractivity contribution in [3.05, 3.63) is 47.4 Å². The van der Waals surface area contributed by atoms with Crippen LogP contribution >= 0.6 is 0 Å². The van der Waals surface area contributed by atoms with Crippen LogP contribution in [0.25, 0.3) is 0 Å². The first-order chi connectivity index (χ1) is 11.5. The molecule has 6 nitrogen and oxygen atoms in total. The van der Waals surface area contributed by atoms with Gasteiger partial charge in [0.25, 0.3) is 5.91 Å². The molecule has 0 radical (unpaired) electrons. The van der Waals surface area contributed by atoms with Crippen LogP contribution in [0.3, 0.4) is 0 Å². The Kier molecular flexibility index (Phi) is 5.85. The molecule has 0 aliphatic rings. The summed E-state index contributed by atoms with van der Waals surface area (Å²) >= 11 is 0. The number of anilines is 2. The first kappa shape index (κ1) is 17.4. The molecule has 2 rings (SSSR count). The standard InChI is InChI=1S/C18H21N5O/c1-12(2)7-8-20-18(24)16-10-17(22-13(3)21-16)23-15-6-4-5-14(9-15)11-19/h4-6,9-10,12H,7-8H2,1-3H3,(H,20,24)(H,21,22,23). The highest BCUT2D eigenvalue weighted by Crippen LogP contribution is 2.16. The number of hydrogen-bond donors (Lipinski definition) is 2. The molecule has 2 N–H and O–H groups in total. The number of nitrogens with zero attached hydrogens (tertiary/aromatic N) is 3. The summed E-state index contributed by atoms with van der Waals surface area (Å²) in [6.45, 7) is 6.57. The molecule has 1 aromatic heterocycles. The van der Waals surface area contributed by atoms with E-state index in [0.717, 1.165) is 12.1 Å². The third-order valence-electron chi connectivity index (χ3n) is 3.34. The maximum atomic E-state index is 12.2. The van der Waals surface area contributed by atoms with Gasteiger partial charge in [0.15, 0.2) is 0 Å². The van der Waals surface area contributed by atoms with Gasteiger partial charge < -0.3 is 10.6 Å². The molecule has 1 amide bonds. The summed E-state index contributed by atoms with van der Waals surface area (Å²) in [6, 6.07) is 10.8. The summed E-state index contributed by atoms with van der Waals surface area (Å²) in [7, 11) is 0. The van der Waals surface area contributed by atoms with Crippen LogP contribution in [0.2, 0.25) is 0 Å². The molecule has 0 unspecified atom stereocenters. The molecule has 2 aromatic rings. The molecule has 6 heteroatoms. The van der Waals surface area contributed by atoms with Crippen molar-refractivity contribution in [2.45, 2.75) is 27.2 Å². The number of hydrogen-bond acceptors (Lipinski definition) is 5. The van der Waals surface area contributed by atoms with Gasteiger partial charge in [-0.05, 0) is 37.5 Å². The van der Waals surface area contributed by atoms with Crippen molar-refractivity contribution >= 4 is 17.4 Å². The Hall–Kier alpha value is -2.94. The van der Waals surface area contributed by atoms with Crippen molar-refractivity contribution in [3.63, 3.8) is 0 Å². The first-order valence-electron chi connectivity index (χ1n) is 7.89. The molecule has 1 aromatic carbocycles. The Morgan fingerprint density at radius 3 is 2.79 bits per heavy atom. The van der Waals surface area contributed by atoms with Gasteiger partial charge in [0.2, 0.25) is 0 Å². The molecule has 0 aliphatic heterocycles. The van der Waals surface area contributed by atoms with Crippen molar-refractivity contribution in [3.8, 4) is 6.07 Å². The van der Waals surface area contributed by atoms with Gasteiger partial charge >= 0.3 is 0 Å². The quantitative estimate of drug-likeness (QED) is 0.852. The number of nitrogens with one attached hydrogen (secondary N) is 2. The summed E-state index contributed by atoms with van der Waals surface area (Å²) in [5.74, 6) is 1.34. The van der Waals surface area contributed by atoms with Crippen LogP contribution in [0.5, 0.6) is 0 Å².